The lowest BCUT2D eigenvalue weighted by Gasteiger charge is -2.31. The molecule has 62 valence electrons. The van der Waals surface area contributed by atoms with Crippen LogP contribution >= 0.6 is 20.7 Å². The minimum Gasteiger partial charge on any atom is -0.361 e. The second-order valence-corrected chi connectivity index (χ2v) is 3.95. The van der Waals surface area contributed by atoms with Crippen LogP contribution in [0.25, 0.3) is 0 Å². The van der Waals surface area contributed by atoms with Gasteiger partial charge in [-0.25, -0.2) is 0 Å². The quantitative estimate of drug-likeness (QED) is 0.241. The fraction of sp³-hybridized carbons (Fsp3) is 0.800. The van der Waals surface area contributed by atoms with Crippen LogP contribution in [0.2, 0.25) is 0 Å². The number of hydrogen-bond acceptors (Lipinski definition) is 4. The van der Waals surface area contributed by atoms with Crippen LogP contribution in [0, 0.1) is 0 Å². The third kappa shape index (κ3) is 2.59. The molecule has 1 unspecified atom stereocenters. The fourth-order valence-corrected chi connectivity index (χ4v) is 2.11. The highest BCUT2D eigenvalue weighted by Gasteiger charge is 2.26. The normalized spacial score (nSPS) is 17.3. The van der Waals surface area contributed by atoms with Gasteiger partial charge in [0.05, 0.1) is 0 Å². The number of halogens is 1. The van der Waals surface area contributed by atoms with E-state index in [-0.39, 0.29) is 20.7 Å². The van der Waals surface area contributed by atoms with Gasteiger partial charge >= 0.3 is 0 Å². The van der Waals surface area contributed by atoms with Crippen LogP contribution in [0.4, 0.5) is 0 Å². The number of rotatable bonds is 4. The number of alkyl halides is 1. The Morgan fingerprint density at radius 1 is 1.70 bits per heavy atom. The van der Waals surface area contributed by atoms with Crippen LogP contribution in [0.3, 0.4) is 0 Å². The van der Waals surface area contributed by atoms with E-state index in [0.29, 0.717) is 0 Å². The first-order valence-electron chi connectivity index (χ1n) is 2.74. The highest BCUT2D eigenvalue weighted by molar-refractivity contribution is 14.2. The zero-order valence-electron chi connectivity index (χ0n) is 6.30. The van der Waals surface area contributed by atoms with Gasteiger partial charge in [0.15, 0.2) is 5.72 Å². The Morgan fingerprint density at radius 2 is 2.20 bits per heavy atom. The van der Waals surface area contributed by atoms with E-state index in [9.17, 15) is 0 Å². The minimum absolute atomic E-state index is 0.0989. The van der Waals surface area contributed by atoms with Gasteiger partial charge < -0.3 is 4.74 Å². The topological polar surface area (TPSA) is 64.5 Å². The molecule has 4 N–H and O–H groups in total. The first-order valence-corrected chi connectivity index (χ1v) is 5.79. The Hall–Kier alpha value is 0.440. The molecule has 0 aromatic carbocycles. The number of ether oxygens (including phenoxy) is 1. The Balaban J connectivity index is 4.07. The molecule has 0 saturated heterocycles. The smallest absolute Gasteiger partial charge is 0.152 e. The Kier molecular flexibility index (Phi) is 4.54. The van der Waals surface area contributed by atoms with E-state index in [0.717, 1.165) is 9.55 Å². The van der Waals surface area contributed by atoms with Crippen molar-refractivity contribution in [3.63, 3.8) is 0 Å². The second kappa shape index (κ2) is 4.35. The summed E-state index contributed by atoms with van der Waals surface area (Å²) in [5.41, 5.74) is -0.533. The van der Waals surface area contributed by atoms with Gasteiger partial charge in [0.25, 0.3) is 0 Å². The van der Waals surface area contributed by atoms with E-state index in [1.807, 2.05) is 6.92 Å². The van der Waals surface area contributed by atoms with Crippen molar-refractivity contribution in [3.05, 3.63) is 0 Å². The lowest BCUT2D eigenvalue weighted by molar-refractivity contribution is -0.105. The monoisotopic (exact) mass is 259 g/mol. The first kappa shape index (κ1) is 10.4. The van der Waals surface area contributed by atoms with Crippen molar-refractivity contribution in [2.75, 3.05) is 11.5 Å². The van der Waals surface area contributed by atoms with E-state index in [2.05, 4.69) is 4.51 Å². The standard InChI is InChI=1S/C5H14IN3O/c1-5(10-3,4-6-2)9(7)8/h2,4,7-8H2,1,3H3. The fourth-order valence-electron chi connectivity index (χ4n) is 0.404. The summed E-state index contributed by atoms with van der Waals surface area (Å²) in [6.07, 6.45) is 0. The molecule has 0 aromatic rings. The average molecular weight is 259 g/mol. The maximum atomic E-state index is 5.34. The Bertz CT molecular complexity index is 119. The molecular formula is C5H14IN3O. The molecule has 0 aliphatic carbocycles. The van der Waals surface area contributed by atoms with Gasteiger partial charge in [0.2, 0.25) is 0 Å². The van der Waals surface area contributed by atoms with E-state index >= 15 is 0 Å². The van der Waals surface area contributed by atoms with Crippen LogP contribution in [0.15, 0.2) is 0 Å². The minimum atomic E-state index is -0.533. The number of nitrogens with two attached hydrogens (primary N) is 2. The lowest BCUT2D eigenvalue weighted by Crippen LogP contribution is -2.57. The van der Waals surface area contributed by atoms with E-state index in [4.69, 9.17) is 16.4 Å². The molecule has 0 radical (unpaired) electrons. The van der Waals surface area contributed by atoms with Crippen LogP contribution in [0.1, 0.15) is 6.92 Å². The van der Waals surface area contributed by atoms with Crippen molar-refractivity contribution in [2.45, 2.75) is 12.6 Å². The zero-order valence-corrected chi connectivity index (χ0v) is 8.46. The Labute approximate surface area is 71.2 Å². The summed E-state index contributed by atoms with van der Waals surface area (Å²) >= 11 is -0.0989. The van der Waals surface area contributed by atoms with Crippen molar-refractivity contribution >= 4 is 25.2 Å². The van der Waals surface area contributed by atoms with Crippen molar-refractivity contribution in [1.29, 1.82) is 0 Å². The highest BCUT2D eigenvalue weighted by Crippen LogP contribution is 2.14. The molecule has 0 aromatic heterocycles. The third-order valence-corrected chi connectivity index (χ3v) is 3.28. The van der Waals surface area contributed by atoms with Crippen molar-refractivity contribution < 1.29 is 4.74 Å². The van der Waals surface area contributed by atoms with Crippen LogP contribution < -0.4 is 11.7 Å². The van der Waals surface area contributed by atoms with Gasteiger partial charge in [-0.15, -0.1) is 20.7 Å². The van der Waals surface area contributed by atoms with Crippen molar-refractivity contribution in [3.8, 4) is 0 Å². The summed E-state index contributed by atoms with van der Waals surface area (Å²) in [7, 11) is 1.59. The summed E-state index contributed by atoms with van der Waals surface area (Å²) in [6.45, 7) is 1.85. The maximum Gasteiger partial charge on any atom is 0.152 e. The molecule has 0 saturated carbocycles. The molecule has 0 rings (SSSR count). The molecule has 0 aliphatic heterocycles. The molecule has 0 spiro atoms. The van der Waals surface area contributed by atoms with E-state index < -0.39 is 5.72 Å². The first-order chi connectivity index (χ1) is 4.56. The maximum absolute atomic E-state index is 5.34. The van der Waals surface area contributed by atoms with Gasteiger partial charge in [0, 0.05) is 11.5 Å². The van der Waals surface area contributed by atoms with E-state index in [1.165, 1.54) is 0 Å². The molecule has 0 fully saturated rings. The summed E-state index contributed by atoms with van der Waals surface area (Å²) in [6, 6.07) is 0. The summed E-state index contributed by atoms with van der Waals surface area (Å²) in [5.74, 6) is 10.7. The number of nitrogens with zero attached hydrogens (tertiary/aromatic N) is 1. The highest BCUT2D eigenvalue weighted by atomic mass is 127. The molecule has 4 nitrogen and oxygen atoms in total. The summed E-state index contributed by atoms with van der Waals surface area (Å²) < 4.78 is 9.73. The van der Waals surface area contributed by atoms with Gasteiger partial charge in [-0.3, -0.25) is 11.7 Å². The average Bonchev–Trinajstić information content (AvgIpc) is 1.88. The molecule has 0 amide bonds. The van der Waals surface area contributed by atoms with Crippen LogP contribution in [-0.2, 0) is 4.74 Å². The summed E-state index contributed by atoms with van der Waals surface area (Å²) in [4.78, 5) is 0. The molecule has 1 atom stereocenters. The van der Waals surface area contributed by atoms with Gasteiger partial charge in [-0.2, -0.15) is 5.12 Å². The summed E-state index contributed by atoms with van der Waals surface area (Å²) in [5, 5.41) is 1.10. The molecule has 10 heavy (non-hydrogen) atoms. The Morgan fingerprint density at radius 3 is 2.30 bits per heavy atom. The van der Waals surface area contributed by atoms with Crippen LogP contribution in [-0.4, -0.2) is 26.9 Å². The number of hydrazine groups is 2. The zero-order chi connectivity index (χ0) is 8.20. The second-order valence-electron chi connectivity index (χ2n) is 2.11. The van der Waals surface area contributed by atoms with Gasteiger partial charge in [0.1, 0.15) is 0 Å². The molecule has 0 heterocycles. The SMILES string of the molecule is C=ICC(C)(OC)N(N)N. The van der Waals surface area contributed by atoms with Crippen LogP contribution in [0.5, 0.6) is 0 Å². The predicted octanol–water partition coefficient (Wildman–Crippen LogP) is -0.199. The van der Waals surface area contributed by atoms with Gasteiger partial charge in [-0.1, -0.05) is 4.51 Å². The molecule has 0 bridgehead atoms. The third-order valence-electron chi connectivity index (χ3n) is 1.33. The number of hydrogen-bond donors (Lipinski definition) is 2. The van der Waals surface area contributed by atoms with Crippen molar-refractivity contribution in [1.82, 2.24) is 5.12 Å². The molecule has 5 heteroatoms. The predicted molar refractivity (Wildman–Crippen MR) is 51.6 cm³/mol. The van der Waals surface area contributed by atoms with Crippen molar-refractivity contribution in [2.24, 2.45) is 11.7 Å². The largest absolute Gasteiger partial charge is 0.361 e. The van der Waals surface area contributed by atoms with E-state index in [1.54, 1.807) is 7.11 Å². The molecular weight excluding hydrogens is 245 g/mol. The number of methoxy groups -OCH3 is 1. The van der Waals surface area contributed by atoms with Gasteiger partial charge in [-0.05, 0) is 6.92 Å². The lowest BCUT2D eigenvalue weighted by atomic mass is 10.3. The molecule has 0 aliphatic rings.